The van der Waals surface area contributed by atoms with Gasteiger partial charge in [-0.1, -0.05) is 12.1 Å². The molecular weight excluding hydrogens is 459 g/mol. The number of carbonyl (C=O) groups is 1. The monoisotopic (exact) mass is 488 g/mol. The first-order valence-corrected chi connectivity index (χ1v) is 9.44. The third-order valence-corrected chi connectivity index (χ3v) is 4.49. The Balaban J connectivity index is 0.00000261. The van der Waals surface area contributed by atoms with Gasteiger partial charge < -0.3 is 25.0 Å². The van der Waals surface area contributed by atoms with Crippen LogP contribution in [-0.4, -0.2) is 62.2 Å². The molecular formula is C19H29IN4O3. The zero-order valence-electron chi connectivity index (χ0n) is 15.8. The number of benzene rings is 1. The van der Waals surface area contributed by atoms with Gasteiger partial charge in [0.15, 0.2) is 17.5 Å². The van der Waals surface area contributed by atoms with E-state index in [0.29, 0.717) is 19.1 Å². The molecule has 0 saturated carbocycles. The van der Waals surface area contributed by atoms with Gasteiger partial charge in [0.25, 0.3) is 0 Å². The molecule has 7 nitrogen and oxygen atoms in total. The van der Waals surface area contributed by atoms with E-state index < -0.39 is 0 Å². The summed E-state index contributed by atoms with van der Waals surface area (Å²) in [5.41, 5.74) is 0. The largest absolute Gasteiger partial charge is 0.486 e. The molecule has 2 heterocycles. The predicted octanol–water partition coefficient (Wildman–Crippen LogP) is 2.01. The summed E-state index contributed by atoms with van der Waals surface area (Å²) in [5.74, 6) is 2.25. The summed E-state index contributed by atoms with van der Waals surface area (Å²) in [7, 11) is 0. The lowest BCUT2D eigenvalue weighted by atomic mass is 10.1. The van der Waals surface area contributed by atoms with Crippen molar-refractivity contribution < 1.29 is 14.3 Å². The number of para-hydroxylation sites is 2. The Morgan fingerprint density at radius 1 is 1.19 bits per heavy atom. The highest BCUT2D eigenvalue weighted by molar-refractivity contribution is 14.0. The standard InChI is InChI=1S/C19H28N4O3.HI/c1-2-20-19(22-13-18(24)23-10-6-3-7-11-23)21-12-15-14-25-16-8-4-5-9-17(16)26-15;/h4-5,8-9,15H,2-3,6-7,10-14H2,1H3,(H2,20,21,22);1H. The summed E-state index contributed by atoms with van der Waals surface area (Å²) in [6.07, 6.45) is 3.29. The Labute approximate surface area is 177 Å². The Kier molecular flexibility index (Phi) is 8.96. The Morgan fingerprint density at radius 2 is 1.93 bits per heavy atom. The van der Waals surface area contributed by atoms with E-state index in [2.05, 4.69) is 15.6 Å². The molecule has 1 amide bonds. The van der Waals surface area contributed by atoms with Crippen molar-refractivity contribution >= 4 is 35.8 Å². The van der Waals surface area contributed by atoms with Gasteiger partial charge in [-0.15, -0.1) is 24.0 Å². The number of guanidine groups is 1. The number of nitrogens with one attached hydrogen (secondary N) is 2. The van der Waals surface area contributed by atoms with Gasteiger partial charge in [0, 0.05) is 19.6 Å². The number of rotatable bonds is 5. The Hall–Kier alpha value is -1.71. The summed E-state index contributed by atoms with van der Waals surface area (Å²) < 4.78 is 11.7. The number of piperidine rings is 1. The third-order valence-electron chi connectivity index (χ3n) is 4.49. The number of halogens is 1. The summed E-state index contributed by atoms with van der Waals surface area (Å²) in [5, 5.41) is 6.41. The lowest BCUT2D eigenvalue weighted by Crippen LogP contribution is -2.46. The van der Waals surface area contributed by atoms with Gasteiger partial charge in [0.1, 0.15) is 19.3 Å². The van der Waals surface area contributed by atoms with Gasteiger partial charge in [-0.3, -0.25) is 4.79 Å². The zero-order valence-corrected chi connectivity index (χ0v) is 18.1. The van der Waals surface area contributed by atoms with E-state index in [1.165, 1.54) is 6.42 Å². The topological polar surface area (TPSA) is 75.2 Å². The number of nitrogens with zero attached hydrogens (tertiary/aromatic N) is 2. The fourth-order valence-corrected chi connectivity index (χ4v) is 3.11. The molecule has 1 aromatic carbocycles. The maximum atomic E-state index is 12.3. The molecule has 1 aromatic rings. The van der Waals surface area contributed by atoms with Crippen molar-refractivity contribution in [3.05, 3.63) is 24.3 Å². The normalized spacial score (nSPS) is 19.1. The number of ether oxygens (including phenoxy) is 2. The summed E-state index contributed by atoms with van der Waals surface area (Å²) in [4.78, 5) is 18.6. The summed E-state index contributed by atoms with van der Waals surface area (Å²) in [6, 6.07) is 7.65. The van der Waals surface area contributed by atoms with Crippen molar-refractivity contribution in [1.82, 2.24) is 15.5 Å². The lowest BCUT2D eigenvalue weighted by Gasteiger charge is -2.27. The van der Waals surface area contributed by atoms with E-state index in [-0.39, 0.29) is 42.5 Å². The molecule has 0 aliphatic carbocycles. The van der Waals surface area contributed by atoms with E-state index in [1.807, 2.05) is 36.1 Å². The molecule has 1 unspecified atom stereocenters. The maximum absolute atomic E-state index is 12.3. The molecule has 2 N–H and O–H groups in total. The molecule has 3 rings (SSSR count). The van der Waals surface area contributed by atoms with Crippen LogP contribution in [0, 0.1) is 0 Å². The van der Waals surface area contributed by atoms with Gasteiger partial charge in [-0.25, -0.2) is 4.99 Å². The van der Waals surface area contributed by atoms with E-state index in [4.69, 9.17) is 9.47 Å². The maximum Gasteiger partial charge on any atom is 0.244 e. The van der Waals surface area contributed by atoms with Crippen LogP contribution in [0.3, 0.4) is 0 Å². The van der Waals surface area contributed by atoms with Gasteiger partial charge in [-0.05, 0) is 38.3 Å². The van der Waals surface area contributed by atoms with Crippen molar-refractivity contribution in [2.75, 3.05) is 39.3 Å². The molecule has 1 saturated heterocycles. The molecule has 0 radical (unpaired) electrons. The Morgan fingerprint density at radius 3 is 2.67 bits per heavy atom. The van der Waals surface area contributed by atoms with Crippen LogP contribution in [0.2, 0.25) is 0 Å². The molecule has 0 aromatic heterocycles. The highest BCUT2D eigenvalue weighted by Crippen LogP contribution is 2.30. The molecule has 8 heteroatoms. The van der Waals surface area contributed by atoms with Crippen LogP contribution in [0.1, 0.15) is 26.2 Å². The molecule has 1 atom stereocenters. The van der Waals surface area contributed by atoms with Crippen molar-refractivity contribution in [1.29, 1.82) is 0 Å². The average Bonchev–Trinajstić information content (AvgIpc) is 2.70. The number of likely N-dealkylation sites (tertiary alicyclic amines) is 1. The Bertz CT molecular complexity index is 635. The molecule has 2 aliphatic rings. The second kappa shape index (κ2) is 11.2. The van der Waals surface area contributed by atoms with E-state index in [0.717, 1.165) is 44.0 Å². The highest BCUT2D eigenvalue weighted by atomic mass is 127. The number of amides is 1. The number of aliphatic imine (C=N–C) groups is 1. The first-order chi connectivity index (χ1) is 12.8. The fourth-order valence-electron chi connectivity index (χ4n) is 3.11. The minimum absolute atomic E-state index is 0. The minimum atomic E-state index is -0.105. The van der Waals surface area contributed by atoms with Crippen molar-refractivity contribution in [2.45, 2.75) is 32.3 Å². The molecule has 150 valence electrons. The third kappa shape index (κ3) is 6.44. The minimum Gasteiger partial charge on any atom is -0.486 e. The highest BCUT2D eigenvalue weighted by Gasteiger charge is 2.21. The second-order valence-corrected chi connectivity index (χ2v) is 6.52. The molecule has 0 spiro atoms. The van der Waals surface area contributed by atoms with Crippen LogP contribution >= 0.6 is 24.0 Å². The van der Waals surface area contributed by atoms with E-state index >= 15 is 0 Å². The first-order valence-electron chi connectivity index (χ1n) is 9.44. The van der Waals surface area contributed by atoms with Crippen molar-refractivity contribution in [2.24, 2.45) is 4.99 Å². The first kappa shape index (κ1) is 21.6. The predicted molar refractivity (Wildman–Crippen MR) is 116 cm³/mol. The SMILES string of the molecule is CCNC(=NCC(=O)N1CCCCC1)NCC1COc2ccccc2O1.I. The van der Waals surface area contributed by atoms with E-state index in [9.17, 15) is 4.79 Å². The second-order valence-electron chi connectivity index (χ2n) is 6.52. The molecule has 2 aliphatic heterocycles. The number of carbonyl (C=O) groups excluding carboxylic acids is 1. The molecule has 1 fully saturated rings. The zero-order chi connectivity index (χ0) is 18.2. The summed E-state index contributed by atoms with van der Waals surface area (Å²) in [6.45, 7) is 5.64. The van der Waals surface area contributed by atoms with Crippen LogP contribution in [0.4, 0.5) is 0 Å². The van der Waals surface area contributed by atoms with E-state index in [1.54, 1.807) is 0 Å². The lowest BCUT2D eigenvalue weighted by molar-refractivity contribution is -0.130. The van der Waals surface area contributed by atoms with Crippen LogP contribution in [0.15, 0.2) is 29.3 Å². The fraction of sp³-hybridized carbons (Fsp3) is 0.579. The van der Waals surface area contributed by atoms with Crippen molar-refractivity contribution in [3.63, 3.8) is 0 Å². The molecule has 27 heavy (non-hydrogen) atoms. The quantitative estimate of drug-likeness (QED) is 0.377. The number of fused-ring (bicyclic) bond motifs is 1. The smallest absolute Gasteiger partial charge is 0.244 e. The van der Waals surface area contributed by atoms with Crippen molar-refractivity contribution in [3.8, 4) is 11.5 Å². The number of hydrogen-bond donors (Lipinski definition) is 2. The van der Waals surface area contributed by atoms with Gasteiger partial charge in [0.2, 0.25) is 5.91 Å². The van der Waals surface area contributed by atoms with Gasteiger partial charge in [0.05, 0.1) is 6.54 Å². The van der Waals surface area contributed by atoms with Gasteiger partial charge >= 0.3 is 0 Å². The van der Waals surface area contributed by atoms with Crippen LogP contribution < -0.4 is 20.1 Å². The molecule has 0 bridgehead atoms. The van der Waals surface area contributed by atoms with Crippen LogP contribution in [0.25, 0.3) is 0 Å². The van der Waals surface area contributed by atoms with Crippen LogP contribution in [-0.2, 0) is 4.79 Å². The summed E-state index contributed by atoms with van der Waals surface area (Å²) >= 11 is 0. The van der Waals surface area contributed by atoms with Gasteiger partial charge in [-0.2, -0.15) is 0 Å². The number of hydrogen-bond acceptors (Lipinski definition) is 4. The van der Waals surface area contributed by atoms with Crippen LogP contribution in [0.5, 0.6) is 11.5 Å². The average molecular weight is 488 g/mol.